The molecule has 4 aliphatic heterocycles. The summed E-state index contributed by atoms with van der Waals surface area (Å²) in [5.41, 5.74) is -2.02. The van der Waals surface area contributed by atoms with Crippen LogP contribution in [0, 0.1) is 17.8 Å². The standard InChI is InChI=1S/C30H37ClN2O6/c1-4-29-14-9-5-6-10-17-38-28(37)24(29)23-26(35)33(22(18-34)19(2)3)25-27(36)32(16-11-15-30(23,25)39-29)21-13-8-7-12-20(21)31/h7-9,11-15,19,22-25,34H,4-6,10,16-18H2,1-3H3/b14-9-/t22-,23-,24-,25?,29+,30-/m0/s1. The lowest BCUT2D eigenvalue weighted by Gasteiger charge is -2.42. The van der Waals surface area contributed by atoms with Gasteiger partial charge >= 0.3 is 5.97 Å². The number of likely N-dealkylation sites (tertiary alicyclic amines) is 1. The maximum Gasteiger partial charge on any atom is 0.313 e. The van der Waals surface area contributed by atoms with Gasteiger partial charge in [0.1, 0.15) is 23.2 Å². The fourth-order valence-corrected chi connectivity index (χ4v) is 7.08. The van der Waals surface area contributed by atoms with E-state index in [9.17, 15) is 19.5 Å². The Morgan fingerprint density at radius 3 is 2.54 bits per heavy atom. The molecule has 2 fully saturated rings. The second kappa shape index (κ2) is 10.7. The molecule has 0 aromatic heterocycles. The minimum atomic E-state index is -1.43. The second-order valence-electron chi connectivity index (χ2n) is 11.2. The Hall–Kier alpha value is -2.68. The van der Waals surface area contributed by atoms with Gasteiger partial charge in [0.2, 0.25) is 5.91 Å². The molecule has 210 valence electrons. The minimum Gasteiger partial charge on any atom is -0.465 e. The van der Waals surface area contributed by atoms with Crippen LogP contribution in [0.4, 0.5) is 5.69 Å². The van der Waals surface area contributed by atoms with Crippen molar-refractivity contribution in [1.29, 1.82) is 0 Å². The van der Waals surface area contributed by atoms with Crippen molar-refractivity contribution in [3.05, 3.63) is 53.6 Å². The number of rotatable bonds is 5. The number of hydrogen-bond donors (Lipinski definition) is 1. The van der Waals surface area contributed by atoms with Gasteiger partial charge in [0, 0.05) is 6.54 Å². The van der Waals surface area contributed by atoms with Gasteiger partial charge in [-0.15, -0.1) is 0 Å². The molecule has 6 atom stereocenters. The lowest BCUT2D eigenvalue weighted by atomic mass is 9.73. The predicted octanol–water partition coefficient (Wildman–Crippen LogP) is 3.90. The van der Waals surface area contributed by atoms with Crippen molar-refractivity contribution >= 4 is 35.1 Å². The van der Waals surface area contributed by atoms with Crippen LogP contribution in [0.15, 0.2) is 48.6 Å². The molecule has 1 unspecified atom stereocenters. The molecule has 0 saturated carbocycles. The average molecular weight is 557 g/mol. The van der Waals surface area contributed by atoms with Crippen LogP contribution in [0.25, 0.3) is 0 Å². The Bertz CT molecular complexity index is 1200. The molecule has 5 rings (SSSR count). The Kier molecular flexibility index (Phi) is 7.65. The Morgan fingerprint density at radius 1 is 1.08 bits per heavy atom. The van der Waals surface area contributed by atoms with E-state index in [1.54, 1.807) is 35.2 Å². The fraction of sp³-hybridized carbons (Fsp3) is 0.567. The van der Waals surface area contributed by atoms with Crippen molar-refractivity contribution in [2.24, 2.45) is 17.8 Å². The van der Waals surface area contributed by atoms with Gasteiger partial charge in [0.25, 0.3) is 5.91 Å². The number of aliphatic hydroxyl groups excluding tert-OH is 1. The lowest BCUT2D eigenvalue weighted by molar-refractivity contribution is -0.162. The van der Waals surface area contributed by atoms with Gasteiger partial charge in [-0.1, -0.05) is 68.8 Å². The first kappa shape index (κ1) is 27.9. The number of carbonyl (C=O) groups excluding carboxylic acids is 3. The highest BCUT2D eigenvalue weighted by Gasteiger charge is 2.76. The minimum absolute atomic E-state index is 0.157. The number of esters is 1. The molecule has 1 aromatic rings. The Labute approximate surface area is 234 Å². The van der Waals surface area contributed by atoms with E-state index in [1.807, 2.05) is 39.0 Å². The maximum atomic E-state index is 14.6. The molecule has 1 aromatic carbocycles. The van der Waals surface area contributed by atoms with E-state index in [1.165, 1.54) is 4.90 Å². The summed E-state index contributed by atoms with van der Waals surface area (Å²) in [5.74, 6) is -3.32. The van der Waals surface area contributed by atoms with Gasteiger partial charge < -0.3 is 24.4 Å². The van der Waals surface area contributed by atoms with Gasteiger partial charge in [0.15, 0.2) is 0 Å². The topological polar surface area (TPSA) is 96.4 Å². The number of nitrogens with zero attached hydrogens (tertiary/aromatic N) is 2. The van der Waals surface area contributed by atoms with Crippen LogP contribution in [-0.2, 0) is 23.9 Å². The van der Waals surface area contributed by atoms with Crippen molar-refractivity contribution in [2.75, 3.05) is 24.7 Å². The molecule has 0 aliphatic carbocycles. The van der Waals surface area contributed by atoms with E-state index in [2.05, 4.69) is 0 Å². The third kappa shape index (κ3) is 4.32. The van der Waals surface area contributed by atoms with Gasteiger partial charge in [-0.3, -0.25) is 14.4 Å². The van der Waals surface area contributed by atoms with Crippen molar-refractivity contribution in [3.63, 3.8) is 0 Å². The monoisotopic (exact) mass is 556 g/mol. The number of benzene rings is 1. The quantitative estimate of drug-likeness (QED) is 0.436. The summed E-state index contributed by atoms with van der Waals surface area (Å²) in [6.07, 6.45) is 10.4. The number of fused-ring (bicyclic) bond motifs is 2. The van der Waals surface area contributed by atoms with E-state index in [4.69, 9.17) is 21.1 Å². The highest BCUT2D eigenvalue weighted by molar-refractivity contribution is 6.34. The largest absolute Gasteiger partial charge is 0.465 e. The molecule has 1 N–H and O–H groups in total. The number of carbonyl (C=O) groups is 3. The first-order chi connectivity index (χ1) is 18.7. The highest BCUT2D eigenvalue weighted by atomic mass is 35.5. The highest BCUT2D eigenvalue weighted by Crippen LogP contribution is 2.59. The molecule has 4 aliphatic rings. The van der Waals surface area contributed by atoms with Gasteiger partial charge in [-0.2, -0.15) is 0 Å². The van der Waals surface area contributed by atoms with Gasteiger partial charge in [0.05, 0.1) is 35.9 Å². The summed E-state index contributed by atoms with van der Waals surface area (Å²) >= 11 is 6.52. The van der Waals surface area contributed by atoms with Crippen molar-refractivity contribution in [2.45, 2.75) is 69.7 Å². The Balaban J connectivity index is 1.72. The molecule has 2 saturated heterocycles. The lowest BCUT2D eigenvalue weighted by Crippen LogP contribution is -2.60. The number of ether oxygens (including phenoxy) is 2. The number of anilines is 1. The van der Waals surface area contributed by atoms with E-state index >= 15 is 0 Å². The number of cyclic esters (lactones) is 1. The van der Waals surface area contributed by atoms with Gasteiger partial charge in [-0.25, -0.2) is 0 Å². The van der Waals surface area contributed by atoms with Crippen LogP contribution in [0.3, 0.4) is 0 Å². The molecule has 9 heteroatoms. The molecule has 39 heavy (non-hydrogen) atoms. The summed E-state index contributed by atoms with van der Waals surface area (Å²) in [6.45, 7) is 5.87. The van der Waals surface area contributed by atoms with Crippen molar-refractivity contribution in [3.8, 4) is 0 Å². The summed E-state index contributed by atoms with van der Waals surface area (Å²) < 4.78 is 12.7. The summed E-state index contributed by atoms with van der Waals surface area (Å²) in [7, 11) is 0. The zero-order valence-electron chi connectivity index (χ0n) is 22.7. The predicted molar refractivity (Wildman–Crippen MR) is 147 cm³/mol. The fourth-order valence-electron chi connectivity index (χ4n) is 6.84. The SMILES string of the molecule is CC[C@@]12/C=C\CCCCOC(=O)[C@@H]1[C@H]1C(=O)N([C@@H](CO)C(C)C)C3C(=O)N(c4ccccc4Cl)CC=C[C@@]31O2. The number of aliphatic hydroxyl groups is 1. The molecule has 8 nitrogen and oxygen atoms in total. The average Bonchev–Trinajstić information content (AvgIpc) is 3.27. The maximum absolute atomic E-state index is 14.6. The molecule has 2 amide bonds. The molecule has 0 bridgehead atoms. The zero-order valence-corrected chi connectivity index (χ0v) is 23.5. The van der Waals surface area contributed by atoms with Crippen LogP contribution in [0.1, 0.15) is 46.5 Å². The third-order valence-electron chi connectivity index (χ3n) is 8.78. The number of para-hydroxylation sites is 1. The number of halogens is 1. The molecule has 1 spiro atoms. The molecule has 0 radical (unpaired) electrons. The number of allylic oxidation sites excluding steroid dienone is 1. The third-order valence-corrected chi connectivity index (χ3v) is 9.10. The van der Waals surface area contributed by atoms with E-state index in [-0.39, 0.29) is 37.5 Å². The number of hydrogen-bond acceptors (Lipinski definition) is 6. The summed E-state index contributed by atoms with van der Waals surface area (Å²) in [4.78, 5) is 45.8. The normalized spacial score (nSPS) is 34.3. The second-order valence-corrected chi connectivity index (χ2v) is 11.6. The van der Waals surface area contributed by atoms with Crippen LogP contribution in [0.2, 0.25) is 5.02 Å². The zero-order chi connectivity index (χ0) is 27.9. The van der Waals surface area contributed by atoms with Crippen molar-refractivity contribution < 1.29 is 29.0 Å². The molecule has 4 heterocycles. The Morgan fingerprint density at radius 2 is 1.85 bits per heavy atom. The van der Waals surface area contributed by atoms with Crippen molar-refractivity contribution in [1.82, 2.24) is 4.90 Å². The van der Waals surface area contributed by atoms with Crippen LogP contribution >= 0.6 is 11.6 Å². The molecular weight excluding hydrogens is 520 g/mol. The van der Waals surface area contributed by atoms with E-state index in [0.29, 0.717) is 17.1 Å². The smallest absolute Gasteiger partial charge is 0.313 e. The van der Waals surface area contributed by atoms with Crippen LogP contribution in [-0.4, -0.2) is 70.8 Å². The molecular formula is C30H37ClN2O6. The van der Waals surface area contributed by atoms with Gasteiger partial charge in [-0.05, 0) is 43.7 Å². The summed E-state index contributed by atoms with van der Waals surface area (Å²) in [6, 6.07) is 5.31. The first-order valence-electron chi connectivity index (χ1n) is 13.9. The van der Waals surface area contributed by atoms with E-state index in [0.717, 1.165) is 19.3 Å². The number of amides is 2. The van der Waals surface area contributed by atoms with E-state index < -0.39 is 41.1 Å². The summed E-state index contributed by atoms with van der Waals surface area (Å²) in [5, 5.41) is 10.8. The van der Waals surface area contributed by atoms with Crippen LogP contribution < -0.4 is 4.90 Å². The van der Waals surface area contributed by atoms with Crippen LogP contribution in [0.5, 0.6) is 0 Å². The first-order valence-corrected chi connectivity index (χ1v) is 14.3.